The molecule has 5 nitrogen and oxygen atoms in total. The van der Waals surface area contributed by atoms with E-state index in [0.717, 1.165) is 19.1 Å². The molecule has 0 aromatic heterocycles. The summed E-state index contributed by atoms with van der Waals surface area (Å²) in [5.41, 5.74) is 0.185. The molecule has 7 heteroatoms. The van der Waals surface area contributed by atoms with Crippen molar-refractivity contribution < 1.29 is 23.1 Å². The van der Waals surface area contributed by atoms with Gasteiger partial charge in [0.1, 0.15) is 11.5 Å². The molecule has 1 amide bonds. The smallest absolute Gasteiger partial charge is 0.308 e. The summed E-state index contributed by atoms with van der Waals surface area (Å²) in [6.45, 7) is 2.68. The molecule has 0 saturated carbocycles. The number of esters is 1. The maximum atomic E-state index is 13.7. The summed E-state index contributed by atoms with van der Waals surface area (Å²) in [6.07, 6.45) is 1.26. The van der Waals surface area contributed by atoms with Gasteiger partial charge in [0.15, 0.2) is 11.6 Å². The number of aliphatic imine (C=N–C) groups is 1. The number of halogens is 2. The summed E-state index contributed by atoms with van der Waals surface area (Å²) >= 11 is 0. The molecule has 0 bridgehead atoms. The van der Waals surface area contributed by atoms with Crippen molar-refractivity contribution in [3.8, 4) is 5.75 Å². The Balaban J connectivity index is 2.39. The molecule has 1 aliphatic rings. The second-order valence-corrected chi connectivity index (χ2v) is 4.46. The first-order valence-corrected chi connectivity index (χ1v) is 6.02. The molecule has 1 aliphatic heterocycles. The summed E-state index contributed by atoms with van der Waals surface area (Å²) in [5, 5.41) is 0. The van der Waals surface area contributed by atoms with Crippen LogP contribution in [0.2, 0.25) is 0 Å². The summed E-state index contributed by atoms with van der Waals surface area (Å²) in [6, 6.07) is 1.93. The van der Waals surface area contributed by atoms with Gasteiger partial charge in [0.25, 0.3) is 5.91 Å². The third-order valence-corrected chi connectivity index (χ3v) is 2.86. The summed E-state index contributed by atoms with van der Waals surface area (Å²) in [7, 11) is 1.55. The van der Waals surface area contributed by atoms with Gasteiger partial charge in [-0.3, -0.25) is 14.5 Å². The second-order valence-electron chi connectivity index (χ2n) is 4.46. The highest BCUT2D eigenvalue weighted by atomic mass is 19.1. The Labute approximate surface area is 119 Å². The van der Waals surface area contributed by atoms with Gasteiger partial charge >= 0.3 is 5.97 Å². The van der Waals surface area contributed by atoms with Crippen molar-refractivity contribution in [1.29, 1.82) is 0 Å². The summed E-state index contributed by atoms with van der Waals surface area (Å²) in [5.74, 6) is -3.53. The standard InChI is InChI=1S/C14H12F2N2O3/c1-7-17-12(14(20)18(7)3)6-9-4-10(15)13(11(16)5-9)21-8(2)19/h4-6H,1-3H3. The van der Waals surface area contributed by atoms with Crippen LogP contribution in [0.15, 0.2) is 22.8 Å². The van der Waals surface area contributed by atoms with Gasteiger partial charge in [0.2, 0.25) is 5.75 Å². The molecule has 0 unspecified atom stereocenters. The number of benzene rings is 1. The molecule has 110 valence electrons. The van der Waals surface area contributed by atoms with Gasteiger partial charge in [0.05, 0.1) is 0 Å². The lowest BCUT2D eigenvalue weighted by atomic mass is 10.1. The molecule has 0 saturated heterocycles. The van der Waals surface area contributed by atoms with Gasteiger partial charge in [-0.25, -0.2) is 13.8 Å². The highest BCUT2D eigenvalue weighted by Gasteiger charge is 2.24. The molecule has 0 aliphatic carbocycles. The lowest BCUT2D eigenvalue weighted by molar-refractivity contribution is -0.132. The number of rotatable bonds is 2. The number of hydrogen-bond acceptors (Lipinski definition) is 4. The van der Waals surface area contributed by atoms with Crippen molar-refractivity contribution in [2.75, 3.05) is 7.05 Å². The zero-order chi connectivity index (χ0) is 15.7. The number of carbonyl (C=O) groups is 2. The lowest BCUT2D eigenvalue weighted by Crippen LogP contribution is -2.25. The summed E-state index contributed by atoms with van der Waals surface area (Å²) < 4.78 is 31.9. The fraction of sp³-hybridized carbons (Fsp3) is 0.214. The Morgan fingerprint density at radius 2 is 1.90 bits per heavy atom. The van der Waals surface area contributed by atoms with E-state index in [0.29, 0.717) is 5.84 Å². The maximum absolute atomic E-state index is 13.7. The number of carbonyl (C=O) groups excluding carboxylic acids is 2. The molecule has 0 fully saturated rings. The lowest BCUT2D eigenvalue weighted by Gasteiger charge is -2.07. The molecular weight excluding hydrogens is 282 g/mol. The predicted molar refractivity (Wildman–Crippen MR) is 71.5 cm³/mol. The zero-order valence-corrected chi connectivity index (χ0v) is 11.6. The SMILES string of the molecule is CC(=O)Oc1c(F)cc(C=C2N=C(C)N(C)C2=O)cc1F. The van der Waals surface area contributed by atoms with Gasteiger partial charge < -0.3 is 4.74 Å². The molecule has 0 spiro atoms. The molecule has 1 heterocycles. The van der Waals surface area contributed by atoms with Crippen molar-refractivity contribution >= 4 is 23.8 Å². The third-order valence-electron chi connectivity index (χ3n) is 2.86. The monoisotopic (exact) mass is 294 g/mol. The van der Waals surface area contributed by atoms with Gasteiger partial charge in [-0.2, -0.15) is 0 Å². The van der Waals surface area contributed by atoms with Crippen LogP contribution < -0.4 is 4.74 Å². The number of likely N-dealkylation sites (N-methyl/N-ethyl adjacent to an activating group) is 1. The molecule has 1 aromatic rings. The quantitative estimate of drug-likeness (QED) is 0.477. The van der Waals surface area contributed by atoms with Crippen LogP contribution in [-0.2, 0) is 9.59 Å². The molecule has 0 radical (unpaired) electrons. The van der Waals surface area contributed by atoms with E-state index in [-0.39, 0.29) is 17.2 Å². The number of hydrogen-bond donors (Lipinski definition) is 0. The third kappa shape index (κ3) is 2.96. The Bertz CT molecular complexity index is 672. The normalized spacial score (nSPS) is 16.4. The number of amides is 1. The average molecular weight is 294 g/mol. The van der Waals surface area contributed by atoms with Gasteiger partial charge in [-0.15, -0.1) is 0 Å². The minimum atomic E-state index is -1.03. The molecule has 1 aromatic carbocycles. The van der Waals surface area contributed by atoms with Gasteiger partial charge in [0, 0.05) is 14.0 Å². The van der Waals surface area contributed by atoms with Crippen molar-refractivity contribution in [2.24, 2.45) is 4.99 Å². The fourth-order valence-electron chi connectivity index (χ4n) is 1.77. The molecule has 2 rings (SSSR count). The van der Waals surface area contributed by atoms with E-state index < -0.39 is 23.4 Å². The number of amidine groups is 1. The van der Waals surface area contributed by atoms with E-state index in [1.54, 1.807) is 14.0 Å². The second kappa shape index (κ2) is 5.43. The van der Waals surface area contributed by atoms with Gasteiger partial charge in [-0.05, 0) is 30.7 Å². The van der Waals surface area contributed by atoms with E-state index in [4.69, 9.17) is 0 Å². The average Bonchev–Trinajstić information content (AvgIpc) is 2.61. The van der Waals surface area contributed by atoms with Crippen LogP contribution >= 0.6 is 0 Å². The van der Waals surface area contributed by atoms with Crippen LogP contribution in [-0.4, -0.2) is 29.7 Å². The van der Waals surface area contributed by atoms with E-state index in [2.05, 4.69) is 9.73 Å². The van der Waals surface area contributed by atoms with Crippen molar-refractivity contribution in [3.63, 3.8) is 0 Å². The minimum Gasteiger partial charge on any atom is -0.420 e. The molecular formula is C14H12F2N2O3. The van der Waals surface area contributed by atoms with E-state index in [1.165, 1.54) is 11.0 Å². The number of ether oxygens (including phenoxy) is 1. The molecule has 0 N–H and O–H groups in total. The van der Waals surface area contributed by atoms with Crippen LogP contribution in [0.5, 0.6) is 5.75 Å². The van der Waals surface area contributed by atoms with Crippen molar-refractivity contribution in [3.05, 3.63) is 35.0 Å². The first-order valence-electron chi connectivity index (χ1n) is 6.02. The van der Waals surface area contributed by atoms with Crippen molar-refractivity contribution in [1.82, 2.24) is 4.90 Å². The van der Waals surface area contributed by atoms with Crippen LogP contribution in [0.4, 0.5) is 8.78 Å². The number of nitrogens with zero attached hydrogens (tertiary/aromatic N) is 2. The van der Waals surface area contributed by atoms with Crippen LogP contribution in [0.1, 0.15) is 19.4 Å². The molecule has 0 atom stereocenters. The van der Waals surface area contributed by atoms with Crippen molar-refractivity contribution in [2.45, 2.75) is 13.8 Å². The first-order chi connectivity index (χ1) is 9.79. The van der Waals surface area contributed by atoms with Crippen LogP contribution in [0.3, 0.4) is 0 Å². The fourth-order valence-corrected chi connectivity index (χ4v) is 1.77. The highest BCUT2D eigenvalue weighted by molar-refractivity contribution is 6.13. The Morgan fingerprint density at radius 1 is 1.33 bits per heavy atom. The van der Waals surface area contributed by atoms with Gasteiger partial charge in [-0.1, -0.05) is 0 Å². The van der Waals surface area contributed by atoms with E-state index >= 15 is 0 Å². The minimum absolute atomic E-state index is 0.0778. The van der Waals surface area contributed by atoms with Crippen LogP contribution in [0, 0.1) is 11.6 Å². The summed E-state index contributed by atoms with van der Waals surface area (Å²) in [4.78, 5) is 27.9. The molecule has 21 heavy (non-hydrogen) atoms. The largest absolute Gasteiger partial charge is 0.420 e. The maximum Gasteiger partial charge on any atom is 0.308 e. The Morgan fingerprint density at radius 3 is 2.33 bits per heavy atom. The first kappa shape index (κ1) is 14.8. The highest BCUT2D eigenvalue weighted by Crippen LogP contribution is 2.25. The van der Waals surface area contributed by atoms with E-state index in [1.807, 2.05) is 0 Å². The zero-order valence-electron chi connectivity index (χ0n) is 11.6. The predicted octanol–water partition coefficient (Wildman–Crippen LogP) is 2.12. The Hall–Kier alpha value is -2.57. The van der Waals surface area contributed by atoms with E-state index in [9.17, 15) is 18.4 Å². The van der Waals surface area contributed by atoms with Crippen LogP contribution in [0.25, 0.3) is 6.08 Å². The topological polar surface area (TPSA) is 59.0 Å². The Kier molecular flexibility index (Phi) is 3.84.